The van der Waals surface area contributed by atoms with Gasteiger partial charge >= 0.3 is 17.6 Å². The van der Waals surface area contributed by atoms with Gasteiger partial charge in [0.2, 0.25) is 23.6 Å². The molecule has 24 heteroatoms. The van der Waals surface area contributed by atoms with Gasteiger partial charge in [-0.1, -0.05) is 12.8 Å². The van der Waals surface area contributed by atoms with Crippen LogP contribution in [0.25, 0.3) is 0 Å². The molecular formula is C36H56FN9O14. The number of nitrogens with zero attached hydrogens (tertiary/aromatic N) is 3. The number of carboxylic acids is 1. The maximum Gasteiger partial charge on any atom is 0.351 e. The predicted octanol–water partition coefficient (Wildman–Crippen LogP) is -2.57. The SMILES string of the molecule is CC(=O)CCCCCC(NC(=O)CC(NC(=O)CNC(=O)C(CCCN=C(N)N)CC(=O)OC(C)(C)C)C(=O)O)C(=O)Nc1nc(=O)n([C@@H]2O[C@H](CO)[C@H](O)C2O)cc1F. The van der Waals surface area contributed by atoms with Crippen molar-refractivity contribution in [1.82, 2.24) is 25.5 Å². The van der Waals surface area contributed by atoms with Gasteiger partial charge in [-0.3, -0.25) is 33.5 Å². The molecule has 336 valence electrons. The lowest BCUT2D eigenvalue weighted by atomic mass is 9.98. The molecule has 1 aliphatic heterocycles. The summed E-state index contributed by atoms with van der Waals surface area (Å²) in [7, 11) is 0. The van der Waals surface area contributed by atoms with Crippen LogP contribution >= 0.6 is 0 Å². The Morgan fingerprint density at radius 3 is 2.22 bits per heavy atom. The number of carbonyl (C=O) groups is 7. The first-order valence-corrected chi connectivity index (χ1v) is 19.1. The number of anilines is 1. The van der Waals surface area contributed by atoms with Gasteiger partial charge in [0, 0.05) is 18.9 Å². The fourth-order valence-corrected chi connectivity index (χ4v) is 5.85. The van der Waals surface area contributed by atoms with Crippen LogP contribution in [-0.2, 0) is 43.0 Å². The molecule has 0 radical (unpaired) electrons. The number of aliphatic imine (C=N–C) groups is 1. The van der Waals surface area contributed by atoms with Crippen molar-refractivity contribution in [3.63, 3.8) is 0 Å². The van der Waals surface area contributed by atoms with Gasteiger partial charge in [0.15, 0.2) is 23.8 Å². The van der Waals surface area contributed by atoms with Crippen LogP contribution in [0.5, 0.6) is 0 Å². The van der Waals surface area contributed by atoms with Crippen LogP contribution in [-0.4, -0.2) is 133 Å². The number of ketones is 1. The third-order valence-corrected chi connectivity index (χ3v) is 8.77. The summed E-state index contributed by atoms with van der Waals surface area (Å²) in [6.07, 6.45) is -5.36. The first-order valence-electron chi connectivity index (χ1n) is 19.1. The van der Waals surface area contributed by atoms with Crippen molar-refractivity contribution in [3.05, 3.63) is 22.5 Å². The highest BCUT2D eigenvalue weighted by atomic mass is 19.1. The first kappa shape index (κ1) is 50.6. The van der Waals surface area contributed by atoms with E-state index in [1.165, 1.54) is 6.92 Å². The summed E-state index contributed by atoms with van der Waals surface area (Å²) in [6, 6.07) is -3.34. The number of nitrogens with one attached hydrogen (secondary N) is 4. The number of carbonyl (C=O) groups excluding carboxylic acids is 6. The van der Waals surface area contributed by atoms with Crippen LogP contribution in [0.15, 0.2) is 16.0 Å². The highest BCUT2D eigenvalue weighted by Crippen LogP contribution is 2.28. The number of ether oxygens (including phenoxy) is 2. The van der Waals surface area contributed by atoms with E-state index in [-0.39, 0.29) is 56.8 Å². The third-order valence-electron chi connectivity index (χ3n) is 8.77. The Hall–Kier alpha value is -5.59. The highest BCUT2D eigenvalue weighted by Gasteiger charge is 2.44. The van der Waals surface area contributed by atoms with Gasteiger partial charge in [-0.25, -0.2) is 14.0 Å². The molecule has 0 spiro atoms. The summed E-state index contributed by atoms with van der Waals surface area (Å²) in [5.74, 6) is -9.63. The van der Waals surface area contributed by atoms with Crippen LogP contribution in [0.2, 0.25) is 0 Å². The molecule has 1 saturated heterocycles. The number of unbranched alkanes of at least 4 members (excludes halogenated alkanes) is 2. The zero-order valence-corrected chi connectivity index (χ0v) is 33.8. The number of carboxylic acid groups (broad SMARTS) is 1. The van der Waals surface area contributed by atoms with Gasteiger partial charge in [0.05, 0.1) is 32.2 Å². The van der Waals surface area contributed by atoms with Crippen molar-refractivity contribution < 1.29 is 67.9 Å². The molecule has 1 aromatic rings. The fourth-order valence-electron chi connectivity index (χ4n) is 5.85. The maximum atomic E-state index is 15.2. The number of aromatic nitrogens is 2. The maximum absolute atomic E-state index is 15.2. The van der Waals surface area contributed by atoms with E-state index in [9.17, 15) is 58.8 Å². The van der Waals surface area contributed by atoms with Gasteiger partial charge in [-0.05, 0) is 53.4 Å². The number of guanidine groups is 1. The first-order chi connectivity index (χ1) is 28.0. The zero-order chi connectivity index (χ0) is 45.3. The Morgan fingerprint density at radius 2 is 1.63 bits per heavy atom. The summed E-state index contributed by atoms with van der Waals surface area (Å²) in [6.45, 7) is 4.99. The minimum Gasteiger partial charge on any atom is -0.480 e. The van der Waals surface area contributed by atoms with Crippen molar-refractivity contribution in [2.45, 2.75) is 128 Å². The van der Waals surface area contributed by atoms with Crippen molar-refractivity contribution in [1.29, 1.82) is 0 Å². The van der Waals surface area contributed by atoms with Crippen molar-refractivity contribution >= 4 is 53.1 Å². The van der Waals surface area contributed by atoms with Crippen molar-refractivity contribution in [3.8, 4) is 0 Å². The average Bonchev–Trinajstić information content (AvgIpc) is 3.43. The Morgan fingerprint density at radius 1 is 0.967 bits per heavy atom. The standard InChI is InChI=1S/C36H56FN9O14/c1-18(48)9-6-5-7-11-21(31(55)44-29-20(37)16-46(35(58)45-29)32-28(53)27(52)23(17-47)59-32)42-24(49)14-22(33(56)57)43-25(50)15-41-30(54)19(10-8-12-40-34(38)39)13-26(51)60-36(2,3)4/h16,19,21-23,27-28,32,47,52-53H,5-15,17H2,1-4H3,(H,41,54)(H,42,49)(H,43,50)(H,56,57)(H4,38,39,40)(H,44,45,55,58)/t19?,21?,22?,23-,27+,28?,32-/m1/s1. The molecule has 4 unspecified atom stereocenters. The Labute approximate surface area is 343 Å². The number of aliphatic carboxylic acids is 1. The molecule has 4 amide bonds. The van der Waals surface area contributed by atoms with Gasteiger partial charge < -0.3 is 67.4 Å². The van der Waals surface area contributed by atoms with E-state index >= 15 is 4.39 Å². The monoisotopic (exact) mass is 857 g/mol. The number of hydrogen-bond acceptors (Lipinski definition) is 15. The van der Waals surface area contributed by atoms with Crippen molar-refractivity contribution in [2.75, 3.05) is 25.0 Å². The molecule has 23 nitrogen and oxygen atoms in total. The lowest BCUT2D eigenvalue weighted by molar-refractivity contribution is -0.157. The minimum absolute atomic E-state index is 0.0766. The van der Waals surface area contributed by atoms with Gasteiger partial charge in [-0.2, -0.15) is 4.98 Å². The molecule has 0 saturated carbocycles. The minimum atomic E-state index is -1.87. The van der Waals surface area contributed by atoms with Gasteiger partial charge in [-0.15, -0.1) is 0 Å². The summed E-state index contributed by atoms with van der Waals surface area (Å²) >= 11 is 0. The fraction of sp³-hybridized carbons (Fsp3) is 0.667. The van der Waals surface area contributed by atoms with E-state index < -0.39 is 121 Å². The molecule has 1 aliphatic rings. The number of aliphatic hydroxyl groups excluding tert-OH is 3. The molecular weight excluding hydrogens is 801 g/mol. The molecule has 0 bridgehead atoms. The molecule has 7 atom stereocenters. The summed E-state index contributed by atoms with van der Waals surface area (Å²) < 4.78 is 26.2. The van der Waals surface area contributed by atoms with Crippen LogP contribution < -0.4 is 38.4 Å². The van der Waals surface area contributed by atoms with E-state index in [1.54, 1.807) is 20.8 Å². The number of amides is 4. The average molecular weight is 858 g/mol. The van der Waals surface area contributed by atoms with Crippen LogP contribution in [0.3, 0.4) is 0 Å². The number of hydrogen-bond donors (Lipinski definition) is 10. The van der Waals surface area contributed by atoms with E-state index in [0.717, 1.165) is 0 Å². The highest BCUT2D eigenvalue weighted by molar-refractivity contribution is 5.97. The predicted molar refractivity (Wildman–Crippen MR) is 207 cm³/mol. The second-order valence-electron chi connectivity index (χ2n) is 15.1. The molecule has 2 rings (SSSR count). The number of nitrogens with two attached hydrogens (primary N) is 2. The van der Waals surface area contributed by atoms with Crippen LogP contribution in [0.4, 0.5) is 10.2 Å². The smallest absolute Gasteiger partial charge is 0.351 e. The van der Waals surface area contributed by atoms with E-state index in [2.05, 4.69) is 31.2 Å². The molecule has 12 N–H and O–H groups in total. The number of esters is 1. The van der Waals surface area contributed by atoms with Crippen LogP contribution in [0, 0.1) is 11.7 Å². The Bertz CT molecular complexity index is 1780. The zero-order valence-electron chi connectivity index (χ0n) is 33.8. The number of halogens is 1. The lowest BCUT2D eigenvalue weighted by Crippen LogP contribution is -2.50. The van der Waals surface area contributed by atoms with E-state index in [4.69, 9.17) is 20.9 Å². The Balaban J connectivity index is 2.14. The topological polar surface area (TPSA) is 366 Å². The summed E-state index contributed by atoms with van der Waals surface area (Å²) in [5.41, 5.74) is 8.58. The summed E-state index contributed by atoms with van der Waals surface area (Å²) in [4.78, 5) is 108. The number of aliphatic hydroxyl groups is 3. The molecule has 2 heterocycles. The second kappa shape index (κ2) is 23.9. The third kappa shape index (κ3) is 17.3. The Kier molecular flexibility index (Phi) is 20.1. The largest absolute Gasteiger partial charge is 0.480 e. The second-order valence-corrected chi connectivity index (χ2v) is 15.1. The lowest BCUT2D eigenvalue weighted by Gasteiger charge is -2.22. The van der Waals surface area contributed by atoms with Gasteiger partial charge in [0.25, 0.3) is 0 Å². The van der Waals surface area contributed by atoms with E-state index in [1.807, 2.05) is 0 Å². The number of rotatable bonds is 24. The number of Topliss-reactive ketones (excluding diaryl/α,β-unsaturated/α-hetero) is 1. The van der Waals surface area contributed by atoms with Gasteiger partial charge in [0.1, 0.15) is 41.8 Å². The molecule has 1 aromatic heterocycles. The quantitative estimate of drug-likeness (QED) is 0.0221. The molecule has 0 aliphatic carbocycles. The summed E-state index contributed by atoms with van der Waals surface area (Å²) in [5, 5.41) is 48.2. The van der Waals surface area contributed by atoms with E-state index in [0.29, 0.717) is 23.6 Å². The molecule has 60 heavy (non-hydrogen) atoms. The van der Waals surface area contributed by atoms with Crippen LogP contribution in [0.1, 0.15) is 91.7 Å². The molecule has 0 aromatic carbocycles. The van der Waals surface area contributed by atoms with Crippen molar-refractivity contribution in [2.24, 2.45) is 22.4 Å². The normalized spacial score (nSPS) is 18.9. The molecule has 1 fully saturated rings.